The number of fused-ring (bicyclic) bond motifs is 1. The highest BCUT2D eigenvalue weighted by molar-refractivity contribution is 9.18. The predicted molar refractivity (Wildman–Crippen MR) is 44.2 cm³/mol. The van der Waals surface area contributed by atoms with Crippen molar-refractivity contribution in [1.29, 1.82) is 0 Å². The molecule has 6 heteroatoms. The molecule has 2 rings (SSSR count). The van der Waals surface area contributed by atoms with Gasteiger partial charge in [-0.15, -0.1) is 0 Å². The third-order valence-corrected chi connectivity index (χ3v) is 2.79. The molecule has 0 amide bonds. The monoisotopic (exact) mass is 234 g/mol. The second kappa shape index (κ2) is 2.70. The third-order valence-electron chi connectivity index (χ3n) is 2.12. The summed E-state index contributed by atoms with van der Waals surface area (Å²) in [6.07, 6.45) is -0.125. The molecule has 0 aliphatic carbocycles. The molecule has 2 aliphatic rings. The van der Waals surface area contributed by atoms with Crippen LogP contribution in [0, 0.1) is 5.92 Å². The van der Waals surface area contributed by atoms with Crippen molar-refractivity contribution in [3.63, 3.8) is 0 Å². The Morgan fingerprint density at radius 1 is 1.83 bits per heavy atom. The average molecular weight is 235 g/mol. The van der Waals surface area contributed by atoms with E-state index in [0.29, 0.717) is 11.2 Å². The first-order valence-corrected chi connectivity index (χ1v) is 4.35. The van der Waals surface area contributed by atoms with Crippen LogP contribution in [0.1, 0.15) is 0 Å². The SMILES string of the molecule is O=C(O)[C@H]1NC[C@@H]2ON=C(Br)[C@@H]21. The Balaban J connectivity index is 2.20. The number of nitrogens with one attached hydrogen (secondary N) is 1. The second-order valence-corrected chi connectivity index (χ2v) is 3.62. The summed E-state index contributed by atoms with van der Waals surface area (Å²) >= 11 is 3.18. The molecule has 66 valence electrons. The molecule has 1 saturated heterocycles. The first-order chi connectivity index (χ1) is 5.70. The lowest BCUT2D eigenvalue weighted by atomic mass is 10.0. The zero-order chi connectivity index (χ0) is 8.72. The number of carboxylic acids is 1. The summed E-state index contributed by atoms with van der Waals surface area (Å²) in [5.41, 5.74) is 0. The molecular formula is C6H7BrN2O3. The van der Waals surface area contributed by atoms with Gasteiger partial charge in [0.1, 0.15) is 10.7 Å². The number of aliphatic carboxylic acids is 1. The van der Waals surface area contributed by atoms with Gasteiger partial charge in [0.25, 0.3) is 0 Å². The molecule has 0 bridgehead atoms. The highest BCUT2D eigenvalue weighted by Crippen LogP contribution is 2.29. The molecule has 0 spiro atoms. The van der Waals surface area contributed by atoms with Crippen LogP contribution in [0.2, 0.25) is 0 Å². The van der Waals surface area contributed by atoms with Crippen molar-refractivity contribution in [2.24, 2.45) is 11.1 Å². The number of hydrogen-bond acceptors (Lipinski definition) is 4. The first-order valence-electron chi connectivity index (χ1n) is 3.55. The number of carboxylic acid groups (broad SMARTS) is 1. The van der Waals surface area contributed by atoms with E-state index in [1.165, 1.54) is 0 Å². The lowest BCUT2D eigenvalue weighted by molar-refractivity contribution is -0.139. The highest BCUT2D eigenvalue weighted by atomic mass is 79.9. The lowest BCUT2D eigenvalue weighted by Gasteiger charge is -2.10. The summed E-state index contributed by atoms with van der Waals surface area (Å²) in [6, 6.07) is -0.573. The first kappa shape index (κ1) is 8.00. The predicted octanol–water partition coefficient (Wildman–Crippen LogP) is -0.234. The summed E-state index contributed by atoms with van der Waals surface area (Å²) in [5.74, 6) is -1.03. The van der Waals surface area contributed by atoms with Gasteiger partial charge in [0.05, 0.1) is 5.92 Å². The van der Waals surface area contributed by atoms with E-state index in [-0.39, 0.29) is 12.0 Å². The van der Waals surface area contributed by atoms with Crippen molar-refractivity contribution in [1.82, 2.24) is 5.32 Å². The van der Waals surface area contributed by atoms with E-state index in [2.05, 4.69) is 26.4 Å². The fourth-order valence-electron chi connectivity index (χ4n) is 1.53. The van der Waals surface area contributed by atoms with Crippen LogP contribution in [-0.4, -0.2) is 34.4 Å². The van der Waals surface area contributed by atoms with Crippen molar-refractivity contribution >= 4 is 26.5 Å². The molecule has 2 aliphatic heterocycles. The quantitative estimate of drug-likeness (QED) is 0.658. The van der Waals surface area contributed by atoms with E-state index in [0.717, 1.165) is 0 Å². The molecule has 0 saturated carbocycles. The van der Waals surface area contributed by atoms with Gasteiger partial charge < -0.3 is 9.94 Å². The van der Waals surface area contributed by atoms with Gasteiger partial charge in [-0.3, -0.25) is 10.1 Å². The second-order valence-electron chi connectivity index (χ2n) is 2.81. The summed E-state index contributed by atoms with van der Waals surface area (Å²) in [7, 11) is 0. The maximum atomic E-state index is 10.7. The number of rotatable bonds is 1. The highest BCUT2D eigenvalue weighted by Gasteiger charge is 2.47. The van der Waals surface area contributed by atoms with Crippen LogP contribution in [0.4, 0.5) is 0 Å². The van der Waals surface area contributed by atoms with Gasteiger partial charge in [0.15, 0.2) is 6.10 Å². The number of halogens is 1. The maximum absolute atomic E-state index is 10.7. The zero-order valence-corrected chi connectivity index (χ0v) is 7.61. The van der Waals surface area contributed by atoms with Crippen molar-refractivity contribution in [2.45, 2.75) is 12.1 Å². The van der Waals surface area contributed by atoms with Gasteiger partial charge in [-0.25, -0.2) is 0 Å². The van der Waals surface area contributed by atoms with Crippen LogP contribution in [0.15, 0.2) is 5.16 Å². The van der Waals surface area contributed by atoms with Crippen LogP contribution in [0.25, 0.3) is 0 Å². The maximum Gasteiger partial charge on any atom is 0.321 e. The van der Waals surface area contributed by atoms with Crippen molar-refractivity contribution in [2.75, 3.05) is 6.54 Å². The van der Waals surface area contributed by atoms with E-state index in [4.69, 9.17) is 9.94 Å². The minimum absolute atomic E-state index is 0.125. The molecule has 5 nitrogen and oxygen atoms in total. The van der Waals surface area contributed by atoms with E-state index < -0.39 is 12.0 Å². The summed E-state index contributed by atoms with van der Waals surface area (Å²) in [4.78, 5) is 15.7. The largest absolute Gasteiger partial charge is 0.480 e. The third kappa shape index (κ3) is 1.02. The Hall–Kier alpha value is -0.620. The van der Waals surface area contributed by atoms with E-state index in [1.807, 2.05) is 0 Å². The smallest absolute Gasteiger partial charge is 0.321 e. The zero-order valence-electron chi connectivity index (χ0n) is 6.03. The van der Waals surface area contributed by atoms with Crippen LogP contribution in [0.5, 0.6) is 0 Å². The Bertz CT molecular complexity index is 255. The minimum atomic E-state index is -0.861. The van der Waals surface area contributed by atoms with Gasteiger partial charge >= 0.3 is 5.97 Å². The van der Waals surface area contributed by atoms with E-state index in [1.54, 1.807) is 0 Å². The Morgan fingerprint density at radius 2 is 2.58 bits per heavy atom. The van der Waals surface area contributed by atoms with Crippen LogP contribution in [-0.2, 0) is 9.63 Å². The molecule has 2 N–H and O–H groups in total. The standard InChI is InChI=1S/C6H7BrN2O3/c7-5-3-2(12-9-5)1-8-4(3)6(10)11/h2-4,8H,1H2,(H,10,11)/t2-,3-,4-/m0/s1. The molecular weight excluding hydrogens is 228 g/mol. The van der Waals surface area contributed by atoms with Crippen LogP contribution < -0.4 is 5.32 Å². The van der Waals surface area contributed by atoms with Gasteiger partial charge in [-0.2, -0.15) is 0 Å². The topological polar surface area (TPSA) is 70.9 Å². The fraction of sp³-hybridized carbons (Fsp3) is 0.667. The molecule has 0 unspecified atom stereocenters. The van der Waals surface area contributed by atoms with Gasteiger partial charge in [0.2, 0.25) is 0 Å². The Morgan fingerprint density at radius 3 is 3.25 bits per heavy atom. The minimum Gasteiger partial charge on any atom is -0.480 e. The Kier molecular flexibility index (Phi) is 1.80. The van der Waals surface area contributed by atoms with E-state index >= 15 is 0 Å². The number of nitrogens with zero attached hydrogens (tertiary/aromatic N) is 1. The molecule has 0 aromatic heterocycles. The van der Waals surface area contributed by atoms with Gasteiger partial charge in [0, 0.05) is 6.54 Å². The van der Waals surface area contributed by atoms with Crippen molar-refractivity contribution < 1.29 is 14.7 Å². The van der Waals surface area contributed by atoms with Gasteiger partial charge in [-0.05, 0) is 15.9 Å². The van der Waals surface area contributed by atoms with Crippen LogP contribution >= 0.6 is 15.9 Å². The summed E-state index contributed by atoms with van der Waals surface area (Å²) < 4.78 is 0.588. The Labute approximate surface area is 76.9 Å². The molecule has 1 fully saturated rings. The summed E-state index contributed by atoms with van der Waals surface area (Å²) in [5, 5.41) is 15.3. The summed E-state index contributed by atoms with van der Waals surface area (Å²) in [6.45, 7) is 0.542. The van der Waals surface area contributed by atoms with Crippen molar-refractivity contribution in [3.8, 4) is 0 Å². The molecule has 0 aromatic rings. The number of carbonyl (C=O) groups is 1. The van der Waals surface area contributed by atoms with Crippen molar-refractivity contribution in [3.05, 3.63) is 0 Å². The average Bonchev–Trinajstić information content (AvgIpc) is 2.53. The molecule has 12 heavy (non-hydrogen) atoms. The number of hydrogen-bond donors (Lipinski definition) is 2. The normalized spacial score (nSPS) is 38.8. The van der Waals surface area contributed by atoms with Crippen LogP contribution in [0.3, 0.4) is 0 Å². The molecule has 0 aromatic carbocycles. The molecule has 0 radical (unpaired) electrons. The molecule has 2 heterocycles. The fourth-order valence-corrected chi connectivity index (χ4v) is 2.17. The van der Waals surface area contributed by atoms with Gasteiger partial charge in [-0.1, -0.05) is 5.16 Å². The number of oxime groups is 1. The lowest BCUT2D eigenvalue weighted by Crippen LogP contribution is -2.37. The molecule has 3 atom stereocenters. The van der Waals surface area contributed by atoms with E-state index in [9.17, 15) is 4.79 Å².